The smallest absolute Gasteiger partial charge is 0.243 e. The standard InChI is InChI=1S/C16H20ClFN4O/c1-11(16-19-12(2)20-23-16)22-7-5-21(6-8-22)10-13-3-4-14(18)9-15(13)17/h3-4,9,11H,5-8,10H2,1-2H3/t11-/m1/s1. The van der Waals surface area contributed by atoms with Crippen LogP contribution in [0.25, 0.3) is 0 Å². The second-order valence-electron chi connectivity index (χ2n) is 5.90. The van der Waals surface area contributed by atoms with Gasteiger partial charge in [-0.05, 0) is 31.5 Å². The molecular weight excluding hydrogens is 319 g/mol. The third-order valence-electron chi connectivity index (χ3n) is 4.26. The van der Waals surface area contributed by atoms with Gasteiger partial charge in [0.25, 0.3) is 0 Å². The predicted molar refractivity (Wildman–Crippen MR) is 85.7 cm³/mol. The van der Waals surface area contributed by atoms with E-state index in [1.165, 1.54) is 12.1 Å². The highest BCUT2D eigenvalue weighted by Crippen LogP contribution is 2.23. The lowest BCUT2D eigenvalue weighted by atomic mass is 10.1. The van der Waals surface area contributed by atoms with Crippen LogP contribution in [-0.4, -0.2) is 46.1 Å². The molecule has 0 N–H and O–H groups in total. The van der Waals surface area contributed by atoms with Gasteiger partial charge in [0.15, 0.2) is 5.82 Å². The van der Waals surface area contributed by atoms with Crippen LogP contribution in [0.4, 0.5) is 4.39 Å². The van der Waals surface area contributed by atoms with Gasteiger partial charge in [-0.1, -0.05) is 22.8 Å². The minimum atomic E-state index is -0.299. The Morgan fingerprint density at radius 2 is 2.04 bits per heavy atom. The molecule has 0 unspecified atom stereocenters. The van der Waals surface area contributed by atoms with Crippen molar-refractivity contribution < 1.29 is 8.91 Å². The molecule has 7 heteroatoms. The van der Waals surface area contributed by atoms with Crippen molar-refractivity contribution in [1.29, 1.82) is 0 Å². The van der Waals surface area contributed by atoms with Crippen LogP contribution in [0.5, 0.6) is 0 Å². The number of aromatic nitrogens is 2. The summed E-state index contributed by atoms with van der Waals surface area (Å²) in [5, 5.41) is 4.34. The average Bonchev–Trinajstić information content (AvgIpc) is 2.97. The van der Waals surface area contributed by atoms with Gasteiger partial charge in [-0.15, -0.1) is 0 Å². The van der Waals surface area contributed by atoms with E-state index >= 15 is 0 Å². The number of halogens is 2. The fourth-order valence-corrected chi connectivity index (χ4v) is 3.07. The highest BCUT2D eigenvalue weighted by molar-refractivity contribution is 6.31. The summed E-state index contributed by atoms with van der Waals surface area (Å²) >= 11 is 6.11. The first kappa shape index (κ1) is 16.4. The average molecular weight is 339 g/mol. The highest BCUT2D eigenvalue weighted by Gasteiger charge is 2.25. The van der Waals surface area contributed by atoms with Gasteiger partial charge in [0.05, 0.1) is 6.04 Å². The molecule has 124 valence electrons. The molecule has 2 heterocycles. The Balaban J connectivity index is 1.56. The molecule has 1 aliphatic heterocycles. The highest BCUT2D eigenvalue weighted by atomic mass is 35.5. The Morgan fingerprint density at radius 1 is 1.30 bits per heavy atom. The van der Waals surface area contributed by atoms with E-state index in [4.69, 9.17) is 16.1 Å². The third kappa shape index (κ3) is 3.88. The zero-order valence-corrected chi connectivity index (χ0v) is 14.1. The fraction of sp³-hybridized carbons (Fsp3) is 0.500. The number of hydrogen-bond acceptors (Lipinski definition) is 5. The van der Waals surface area contributed by atoms with Crippen LogP contribution in [0, 0.1) is 12.7 Å². The molecule has 3 rings (SSSR count). The molecular formula is C16H20ClFN4O. The van der Waals surface area contributed by atoms with Crippen molar-refractivity contribution in [2.75, 3.05) is 26.2 Å². The monoisotopic (exact) mass is 338 g/mol. The SMILES string of the molecule is Cc1noc([C@@H](C)N2CCN(Cc3ccc(F)cc3Cl)CC2)n1. The van der Waals surface area contributed by atoms with E-state index in [1.807, 2.05) is 6.92 Å². The first-order valence-electron chi connectivity index (χ1n) is 7.73. The van der Waals surface area contributed by atoms with E-state index in [9.17, 15) is 4.39 Å². The molecule has 1 fully saturated rings. The van der Waals surface area contributed by atoms with E-state index in [0.29, 0.717) is 16.7 Å². The summed E-state index contributed by atoms with van der Waals surface area (Å²) in [6, 6.07) is 4.70. The maximum Gasteiger partial charge on any atom is 0.243 e. The minimum Gasteiger partial charge on any atom is -0.338 e. The third-order valence-corrected chi connectivity index (χ3v) is 4.62. The van der Waals surface area contributed by atoms with Gasteiger partial charge in [-0.3, -0.25) is 9.80 Å². The van der Waals surface area contributed by atoms with E-state index in [1.54, 1.807) is 6.07 Å². The Labute approximate surface area is 140 Å². The summed E-state index contributed by atoms with van der Waals surface area (Å²) in [6.07, 6.45) is 0. The number of aryl methyl sites for hydroxylation is 1. The van der Waals surface area contributed by atoms with Gasteiger partial charge < -0.3 is 4.52 Å². The second kappa shape index (κ2) is 6.95. The summed E-state index contributed by atoms with van der Waals surface area (Å²) in [5.74, 6) is 1.03. The molecule has 1 saturated heterocycles. The number of piperazine rings is 1. The van der Waals surface area contributed by atoms with Gasteiger partial charge in [0.1, 0.15) is 5.82 Å². The minimum absolute atomic E-state index is 0.118. The van der Waals surface area contributed by atoms with Gasteiger partial charge in [-0.2, -0.15) is 4.98 Å². The molecule has 1 aromatic heterocycles. The normalized spacial score (nSPS) is 18.3. The van der Waals surface area contributed by atoms with Crippen molar-refractivity contribution in [2.24, 2.45) is 0 Å². The quantitative estimate of drug-likeness (QED) is 0.857. The second-order valence-corrected chi connectivity index (χ2v) is 6.31. The molecule has 0 spiro atoms. The van der Waals surface area contributed by atoms with E-state index in [2.05, 4.69) is 26.9 Å². The Morgan fingerprint density at radius 3 is 2.65 bits per heavy atom. The lowest BCUT2D eigenvalue weighted by Crippen LogP contribution is -2.46. The van der Waals surface area contributed by atoms with Crippen molar-refractivity contribution in [1.82, 2.24) is 19.9 Å². The van der Waals surface area contributed by atoms with Crippen LogP contribution in [0.3, 0.4) is 0 Å². The van der Waals surface area contributed by atoms with Gasteiger partial charge in [0.2, 0.25) is 5.89 Å². The molecule has 1 atom stereocenters. The van der Waals surface area contributed by atoms with Crippen LogP contribution in [-0.2, 0) is 6.54 Å². The van der Waals surface area contributed by atoms with Crippen molar-refractivity contribution >= 4 is 11.6 Å². The van der Waals surface area contributed by atoms with Crippen LogP contribution in [0.2, 0.25) is 5.02 Å². The topological polar surface area (TPSA) is 45.4 Å². The maximum atomic E-state index is 13.1. The first-order valence-corrected chi connectivity index (χ1v) is 8.11. The number of nitrogens with zero attached hydrogens (tertiary/aromatic N) is 4. The van der Waals surface area contributed by atoms with Gasteiger partial charge >= 0.3 is 0 Å². The lowest BCUT2D eigenvalue weighted by Gasteiger charge is -2.36. The molecule has 0 radical (unpaired) electrons. The van der Waals surface area contributed by atoms with E-state index in [-0.39, 0.29) is 11.9 Å². The zero-order valence-electron chi connectivity index (χ0n) is 13.3. The number of hydrogen-bond donors (Lipinski definition) is 0. The largest absolute Gasteiger partial charge is 0.338 e. The molecule has 23 heavy (non-hydrogen) atoms. The predicted octanol–water partition coefficient (Wildman–Crippen LogP) is 3.05. The van der Waals surface area contributed by atoms with Crippen molar-refractivity contribution in [3.8, 4) is 0 Å². The Bertz CT molecular complexity index is 670. The number of rotatable bonds is 4. The molecule has 1 aliphatic rings. The van der Waals surface area contributed by atoms with E-state index in [0.717, 1.165) is 38.3 Å². The molecule has 0 amide bonds. The maximum absolute atomic E-state index is 13.1. The van der Waals surface area contributed by atoms with Gasteiger partial charge in [0, 0.05) is 37.7 Å². The van der Waals surface area contributed by atoms with E-state index < -0.39 is 0 Å². The molecule has 1 aromatic carbocycles. The van der Waals surface area contributed by atoms with Crippen molar-refractivity contribution in [3.63, 3.8) is 0 Å². The Kier molecular flexibility index (Phi) is 4.94. The van der Waals surface area contributed by atoms with Gasteiger partial charge in [-0.25, -0.2) is 4.39 Å². The summed E-state index contributed by atoms with van der Waals surface area (Å²) in [6.45, 7) is 8.32. The van der Waals surface area contributed by atoms with Crippen molar-refractivity contribution in [3.05, 3.63) is 46.3 Å². The van der Waals surface area contributed by atoms with Crippen LogP contribution < -0.4 is 0 Å². The molecule has 0 saturated carbocycles. The lowest BCUT2D eigenvalue weighted by molar-refractivity contribution is 0.0845. The van der Waals surface area contributed by atoms with Crippen LogP contribution in [0.1, 0.15) is 30.2 Å². The molecule has 5 nitrogen and oxygen atoms in total. The summed E-state index contributed by atoms with van der Waals surface area (Å²) in [7, 11) is 0. The molecule has 0 bridgehead atoms. The first-order chi connectivity index (χ1) is 11.0. The van der Waals surface area contributed by atoms with Crippen LogP contribution in [0.15, 0.2) is 22.7 Å². The summed E-state index contributed by atoms with van der Waals surface area (Å²) in [4.78, 5) is 8.96. The zero-order chi connectivity index (χ0) is 16.4. The van der Waals surface area contributed by atoms with Crippen LogP contribution >= 0.6 is 11.6 Å². The molecule has 2 aromatic rings. The number of benzene rings is 1. The fourth-order valence-electron chi connectivity index (χ4n) is 2.84. The summed E-state index contributed by atoms with van der Waals surface area (Å²) in [5.41, 5.74) is 0.960. The molecule has 0 aliphatic carbocycles. The summed E-state index contributed by atoms with van der Waals surface area (Å²) < 4.78 is 18.4. The Hall–Kier alpha value is -1.50. The van der Waals surface area contributed by atoms with Crippen molar-refractivity contribution in [2.45, 2.75) is 26.4 Å².